The average Bonchev–Trinajstić information content (AvgIpc) is 3.37. The fourth-order valence-corrected chi connectivity index (χ4v) is 5.03. The highest BCUT2D eigenvalue weighted by atomic mass is 16.5. The first-order valence-corrected chi connectivity index (χ1v) is 13.1. The van der Waals surface area contributed by atoms with Gasteiger partial charge in [-0.25, -0.2) is 0 Å². The summed E-state index contributed by atoms with van der Waals surface area (Å²) in [6, 6.07) is 18.3. The maximum absolute atomic E-state index is 13.8. The van der Waals surface area contributed by atoms with Crippen LogP contribution in [0.2, 0.25) is 0 Å². The molecule has 8 nitrogen and oxygen atoms in total. The van der Waals surface area contributed by atoms with Gasteiger partial charge in [0.05, 0.1) is 26.9 Å². The van der Waals surface area contributed by atoms with E-state index < -0.39 is 0 Å². The molecule has 0 spiro atoms. The summed E-state index contributed by atoms with van der Waals surface area (Å²) in [6.45, 7) is 2.82. The first-order valence-electron chi connectivity index (χ1n) is 13.1. The number of hydrogen-bond donors (Lipinski definition) is 0. The highest BCUT2D eigenvalue weighted by molar-refractivity contribution is 6.16. The molecule has 0 unspecified atom stereocenters. The van der Waals surface area contributed by atoms with Gasteiger partial charge in [-0.2, -0.15) is 0 Å². The highest BCUT2D eigenvalue weighted by Gasteiger charge is 2.25. The fourth-order valence-electron chi connectivity index (χ4n) is 5.03. The molecule has 200 valence electrons. The second-order valence-electron chi connectivity index (χ2n) is 9.58. The Morgan fingerprint density at radius 2 is 1.67 bits per heavy atom. The fraction of sp³-hybridized carbons (Fsp3) is 0.290. The van der Waals surface area contributed by atoms with Crippen molar-refractivity contribution in [3.63, 3.8) is 0 Å². The molecule has 8 heteroatoms. The summed E-state index contributed by atoms with van der Waals surface area (Å²) >= 11 is 0. The molecule has 4 aromatic rings. The van der Waals surface area contributed by atoms with E-state index in [4.69, 9.17) is 23.4 Å². The predicted molar refractivity (Wildman–Crippen MR) is 145 cm³/mol. The second kappa shape index (κ2) is 10.8. The molecule has 0 atom stereocenters. The van der Waals surface area contributed by atoms with E-state index in [1.54, 1.807) is 36.3 Å². The Bertz CT molecular complexity index is 1500. The number of hydrogen-bond acceptors (Lipinski definition) is 7. The molecule has 0 saturated carbocycles. The van der Waals surface area contributed by atoms with E-state index in [1.165, 1.54) is 0 Å². The zero-order valence-corrected chi connectivity index (χ0v) is 21.7. The summed E-state index contributed by atoms with van der Waals surface area (Å²) in [5.74, 6) is 1.97. The Morgan fingerprint density at radius 3 is 2.41 bits per heavy atom. The summed E-state index contributed by atoms with van der Waals surface area (Å²) in [6.07, 6.45) is 1.86. The summed E-state index contributed by atoms with van der Waals surface area (Å²) in [5.41, 5.74) is 3.76. The third kappa shape index (κ3) is 5.07. The molecule has 39 heavy (non-hydrogen) atoms. The van der Waals surface area contributed by atoms with Crippen molar-refractivity contribution in [2.45, 2.75) is 12.8 Å². The average molecular weight is 528 g/mol. The largest absolute Gasteiger partial charge is 0.497 e. The first-order chi connectivity index (χ1) is 19.1. The third-order valence-electron chi connectivity index (χ3n) is 7.15. The highest BCUT2D eigenvalue weighted by Crippen LogP contribution is 2.40. The second-order valence-corrected chi connectivity index (χ2v) is 9.58. The number of nitrogens with zero attached hydrogens (tertiary/aromatic N) is 1. The van der Waals surface area contributed by atoms with Crippen LogP contribution in [0.4, 0.5) is 0 Å². The van der Waals surface area contributed by atoms with Gasteiger partial charge in [0.1, 0.15) is 22.8 Å². The predicted octanol–water partition coefficient (Wildman–Crippen LogP) is 4.90. The molecule has 3 heterocycles. The standard InChI is InChI=1S/C31H29NO7/c1-35-23-8-4-20(5-9-23)29-25-17-22-3-2-14-37-26(22)18-27(25)39-31(29)30(34)21-6-10-24(11-7-21)38-19-28(33)32-12-15-36-16-13-32/h4-11,17-18H,2-3,12-16,19H2,1H3. The summed E-state index contributed by atoms with van der Waals surface area (Å²) in [4.78, 5) is 27.9. The summed E-state index contributed by atoms with van der Waals surface area (Å²) < 4.78 is 28.4. The van der Waals surface area contributed by atoms with Crippen LogP contribution in [0, 0.1) is 0 Å². The molecule has 6 rings (SSSR count). The molecule has 2 aliphatic heterocycles. The molecular weight excluding hydrogens is 498 g/mol. The van der Waals surface area contributed by atoms with Crippen LogP contribution in [-0.2, 0) is 16.0 Å². The number of benzene rings is 3. The van der Waals surface area contributed by atoms with Crippen LogP contribution in [0.1, 0.15) is 28.1 Å². The molecular formula is C31H29NO7. The number of amides is 1. The van der Waals surface area contributed by atoms with Crippen molar-refractivity contribution in [2.24, 2.45) is 0 Å². The summed E-state index contributed by atoms with van der Waals surface area (Å²) in [5, 5.41) is 0.870. The zero-order chi connectivity index (χ0) is 26.8. The Morgan fingerprint density at radius 1 is 0.923 bits per heavy atom. The normalized spacial score (nSPS) is 14.9. The third-order valence-corrected chi connectivity index (χ3v) is 7.15. The quantitative estimate of drug-likeness (QED) is 0.316. The van der Waals surface area contributed by atoms with Gasteiger partial charge in [-0.3, -0.25) is 9.59 Å². The van der Waals surface area contributed by atoms with Gasteiger partial charge in [0.15, 0.2) is 12.4 Å². The van der Waals surface area contributed by atoms with Crippen LogP contribution >= 0.6 is 0 Å². The van der Waals surface area contributed by atoms with E-state index in [9.17, 15) is 9.59 Å². The molecule has 1 fully saturated rings. The number of methoxy groups -OCH3 is 1. The lowest BCUT2D eigenvalue weighted by atomic mass is 9.95. The lowest BCUT2D eigenvalue weighted by Gasteiger charge is -2.26. The van der Waals surface area contributed by atoms with Gasteiger partial charge in [0.2, 0.25) is 5.78 Å². The van der Waals surface area contributed by atoms with Crippen LogP contribution in [0.25, 0.3) is 22.1 Å². The Labute approximate surface area is 226 Å². The molecule has 2 aliphatic rings. The number of furan rings is 1. The number of ether oxygens (including phenoxy) is 4. The topological polar surface area (TPSA) is 87.4 Å². The van der Waals surface area contributed by atoms with E-state index in [0.29, 0.717) is 49.8 Å². The lowest BCUT2D eigenvalue weighted by Crippen LogP contribution is -2.42. The molecule has 0 bridgehead atoms. The molecule has 3 aromatic carbocycles. The van der Waals surface area contributed by atoms with Crippen molar-refractivity contribution < 1.29 is 33.0 Å². The molecule has 1 aromatic heterocycles. The monoisotopic (exact) mass is 527 g/mol. The van der Waals surface area contributed by atoms with E-state index >= 15 is 0 Å². The van der Waals surface area contributed by atoms with Crippen molar-refractivity contribution in [1.29, 1.82) is 0 Å². The van der Waals surface area contributed by atoms with Gasteiger partial charge in [-0.1, -0.05) is 12.1 Å². The van der Waals surface area contributed by atoms with Crippen LogP contribution < -0.4 is 14.2 Å². The van der Waals surface area contributed by atoms with E-state index in [1.807, 2.05) is 30.3 Å². The number of morpholine rings is 1. The maximum Gasteiger partial charge on any atom is 0.260 e. The van der Waals surface area contributed by atoms with Crippen LogP contribution in [-0.4, -0.2) is 63.2 Å². The van der Waals surface area contributed by atoms with Gasteiger partial charge in [-0.15, -0.1) is 0 Å². The minimum absolute atomic E-state index is 0.0643. The van der Waals surface area contributed by atoms with Crippen LogP contribution in [0.15, 0.2) is 65.1 Å². The minimum atomic E-state index is -0.244. The molecule has 0 radical (unpaired) electrons. The Hall–Kier alpha value is -4.30. The van der Waals surface area contributed by atoms with Crippen molar-refractivity contribution in [3.05, 3.63) is 77.6 Å². The first kappa shape index (κ1) is 25.0. The number of carbonyl (C=O) groups is 2. The lowest BCUT2D eigenvalue weighted by molar-refractivity contribution is -0.137. The number of fused-ring (bicyclic) bond motifs is 2. The van der Waals surface area contributed by atoms with Crippen LogP contribution in [0.5, 0.6) is 17.2 Å². The Balaban J connectivity index is 1.29. The molecule has 1 amide bonds. The molecule has 1 saturated heterocycles. The van der Waals surface area contributed by atoms with E-state index in [2.05, 4.69) is 6.07 Å². The maximum atomic E-state index is 13.8. The summed E-state index contributed by atoms with van der Waals surface area (Å²) in [7, 11) is 1.62. The number of ketones is 1. The zero-order valence-electron chi connectivity index (χ0n) is 21.7. The number of aryl methyl sites for hydroxylation is 1. The van der Waals surface area contributed by atoms with Gasteiger partial charge < -0.3 is 28.3 Å². The smallest absolute Gasteiger partial charge is 0.260 e. The van der Waals surface area contributed by atoms with Crippen molar-refractivity contribution in [2.75, 3.05) is 46.6 Å². The van der Waals surface area contributed by atoms with Crippen LogP contribution in [0.3, 0.4) is 0 Å². The Kier molecular flexibility index (Phi) is 6.94. The van der Waals surface area contributed by atoms with Gasteiger partial charge in [0, 0.05) is 35.7 Å². The van der Waals surface area contributed by atoms with Crippen molar-refractivity contribution in [3.8, 4) is 28.4 Å². The van der Waals surface area contributed by atoms with Crippen molar-refractivity contribution >= 4 is 22.7 Å². The van der Waals surface area contributed by atoms with Crippen molar-refractivity contribution in [1.82, 2.24) is 4.90 Å². The van der Waals surface area contributed by atoms with E-state index in [0.717, 1.165) is 46.4 Å². The SMILES string of the molecule is COc1ccc(-c2c(C(=O)c3ccc(OCC(=O)N4CCOCC4)cc3)oc3cc4c(cc23)CCCO4)cc1. The van der Waals surface area contributed by atoms with Gasteiger partial charge in [-0.05, 0) is 66.4 Å². The molecule has 0 aliphatic carbocycles. The molecule has 0 N–H and O–H groups in total. The van der Waals surface area contributed by atoms with E-state index in [-0.39, 0.29) is 24.1 Å². The number of carbonyl (C=O) groups excluding carboxylic acids is 2. The van der Waals surface area contributed by atoms with Gasteiger partial charge in [0.25, 0.3) is 5.91 Å². The van der Waals surface area contributed by atoms with Gasteiger partial charge >= 0.3 is 0 Å². The minimum Gasteiger partial charge on any atom is -0.497 e. The number of rotatable bonds is 7.